The number of nitrogen functional groups attached to an aromatic ring is 1. The van der Waals surface area contributed by atoms with E-state index in [0.29, 0.717) is 5.56 Å². The van der Waals surface area contributed by atoms with Gasteiger partial charge in [0, 0.05) is 25.4 Å². The van der Waals surface area contributed by atoms with Crippen molar-refractivity contribution in [2.24, 2.45) is 12.8 Å². The highest BCUT2D eigenvalue weighted by atomic mass is 16.4. The van der Waals surface area contributed by atoms with Crippen molar-refractivity contribution in [2.45, 2.75) is 13.0 Å². The van der Waals surface area contributed by atoms with E-state index in [2.05, 4.69) is 0 Å². The molecular formula is C20H20N4O3. The molecule has 3 rings (SSSR count). The molecule has 0 saturated heterocycles. The second kappa shape index (κ2) is 7.33. The lowest BCUT2D eigenvalue weighted by atomic mass is 10.0. The molecule has 0 fully saturated rings. The number of imidazole rings is 1. The van der Waals surface area contributed by atoms with E-state index in [1.807, 2.05) is 36.4 Å². The lowest BCUT2D eigenvalue weighted by Crippen LogP contribution is -2.23. The third-order valence-corrected chi connectivity index (χ3v) is 4.45. The molecule has 2 aromatic carbocycles. The average Bonchev–Trinajstić information content (AvgIpc) is 2.95. The van der Waals surface area contributed by atoms with Crippen LogP contribution < -0.4 is 11.4 Å². The molecule has 0 aliphatic heterocycles. The minimum absolute atomic E-state index is 0.0326. The van der Waals surface area contributed by atoms with Crippen molar-refractivity contribution in [3.8, 4) is 22.4 Å². The topological polar surface area (TPSA) is 114 Å². The summed E-state index contributed by atoms with van der Waals surface area (Å²) >= 11 is 0. The summed E-state index contributed by atoms with van der Waals surface area (Å²) in [6.45, 7) is 0.141. The summed E-state index contributed by atoms with van der Waals surface area (Å²) in [5, 5.41) is 16.2. The van der Waals surface area contributed by atoms with Gasteiger partial charge in [0.25, 0.3) is 0 Å². The largest absolute Gasteiger partial charge is 0.481 e. The molecule has 0 unspecified atom stereocenters. The van der Waals surface area contributed by atoms with Gasteiger partial charge in [0.1, 0.15) is 5.84 Å². The summed E-state index contributed by atoms with van der Waals surface area (Å²) < 4.78 is 2.93. The number of carboxylic acid groups (broad SMARTS) is 1. The first kappa shape index (κ1) is 18.2. The number of aliphatic carboxylic acids is 1. The number of aryl methyl sites for hydroxylation is 1. The molecule has 7 nitrogen and oxygen atoms in total. The summed E-state index contributed by atoms with van der Waals surface area (Å²) in [4.78, 5) is 23.0. The van der Waals surface area contributed by atoms with E-state index < -0.39 is 5.97 Å². The van der Waals surface area contributed by atoms with Crippen LogP contribution in [0.25, 0.3) is 22.4 Å². The first-order valence-electron chi connectivity index (χ1n) is 8.40. The van der Waals surface area contributed by atoms with Crippen molar-refractivity contribution >= 4 is 11.8 Å². The van der Waals surface area contributed by atoms with E-state index in [1.54, 1.807) is 25.4 Å². The monoisotopic (exact) mass is 364 g/mol. The Morgan fingerprint density at radius 3 is 2.07 bits per heavy atom. The molecular weight excluding hydrogens is 344 g/mol. The van der Waals surface area contributed by atoms with Crippen LogP contribution in [-0.4, -0.2) is 26.0 Å². The van der Waals surface area contributed by atoms with Crippen LogP contribution in [0.1, 0.15) is 12.0 Å². The fourth-order valence-corrected chi connectivity index (χ4v) is 2.91. The summed E-state index contributed by atoms with van der Waals surface area (Å²) in [7, 11) is 1.67. The van der Waals surface area contributed by atoms with Crippen LogP contribution in [0.15, 0.2) is 59.5 Å². The van der Waals surface area contributed by atoms with Crippen molar-refractivity contribution < 1.29 is 9.90 Å². The molecule has 0 aliphatic rings. The van der Waals surface area contributed by atoms with Gasteiger partial charge in [0.15, 0.2) is 0 Å². The standard InChI is InChI=1S/C20H20N4O3/c1-23-17(12-24(20(23)27)11-10-18(25)26)15-6-2-13(3-7-15)14-4-8-16(9-5-14)19(21)22/h2-9,12H,10-11H2,1H3,(H3,21,22)(H,25,26). The Hall–Kier alpha value is -3.61. The third kappa shape index (κ3) is 3.82. The van der Waals surface area contributed by atoms with Crippen molar-refractivity contribution in [2.75, 3.05) is 0 Å². The van der Waals surface area contributed by atoms with Crippen molar-refractivity contribution in [1.29, 1.82) is 5.41 Å². The molecule has 4 N–H and O–H groups in total. The molecule has 138 valence electrons. The molecule has 0 radical (unpaired) electrons. The molecule has 0 saturated carbocycles. The van der Waals surface area contributed by atoms with Gasteiger partial charge in [-0.25, -0.2) is 4.79 Å². The Morgan fingerprint density at radius 1 is 1.04 bits per heavy atom. The molecule has 1 aromatic heterocycles. The Labute approximate surface area is 155 Å². The van der Waals surface area contributed by atoms with Crippen molar-refractivity contribution in [1.82, 2.24) is 9.13 Å². The number of benzene rings is 2. The molecule has 1 heterocycles. The predicted molar refractivity (Wildman–Crippen MR) is 104 cm³/mol. The van der Waals surface area contributed by atoms with Crippen LogP contribution in [0, 0.1) is 5.41 Å². The summed E-state index contributed by atoms with van der Waals surface area (Å²) in [6, 6.07) is 15.2. The summed E-state index contributed by atoms with van der Waals surface area (Å²) in [6.07, 6.45) is 1.58. The third-order valence-electron chi connectivity index (χ3n) is 4.45. The highest BCUT2D eigenvalue weighted by Gasteiger charge is 2.11. The van der Waals surface area contributed by atoms with Crippen molar-refractivity contribution in [3.63, 3.8) is 0 Å². The van der Waals surface area contributed by atoms with Crippen molar-refractivity contribution in [3.05, 3.63) is 70.8 Å². The van der Waals surface area contributed by atoms with Gasteiger partial charge in [-0.1, -0.05) is 48.5 Å². The number of nitrogens with one attached hydrogen (secondary N) is 1. The molecule has 3 aromatic rings. The number of hydrogen-bond acceptors (Lipinski definition) is 3. The Morgan fingerprint density at radius 2 is 1.56 bits per heavy atom. The maximum absolute atomic E-state index is 12.3. The Balaban J connectivity index is 1.87. The van der Waals surface area contributed by atoms with Gasteiger partial charge >= 0.3 is 11.7 Å². The number of carbonyl (C=O) groups is 1. The average molecular weight is 364 g/mol. The maximum Gasteiger partial charge on any atom is 0.328 e. The van der Waals surface area contributed by atoms with E-state index in [4.69, 9.17) is 16.2 Å². The molecule has 0 aliphatic carbocycles. The molecule has 27 heavy (non-hydrogen) atoms. The maximum atomic E-state index is 12.3. The van der Waals surface area contributed by atoms with Crippen LogP contribution in [0.4, 0.5) is 0 Å². The van der Waals surface area contributed by atoms with Gasteiger partial charge in [-0.2, -0.15) is 0 Å². The Kier molecular flexibility index (Phi) is 4.94. The zero-order valence-corrected chi connectivity index (χ0v) is 14.8. The lowest BCUT2D eigenvalue weighted by molar-refractivity contribution is -0.137. The van der Waals surface area contributed by atoms with Gasteiger partial charge in [-0.3, -0.25) is 19.3 Å². The van der Waals surface area contributed by atoms with Gasteiger partial charge in [-0.15, -0.1) is 0 Å². The van der Waals surface area contributed by atoms with Crippen LogP contribution in [0.2, 0.25) is 0 Å². The SMILES string of the molecule is Cn1c(-c2ccc(-c3ccc(C(=N)N)cc3)cc2)cn(CCC(=O)O)c1=O. The first-order valence-corrected chi connectivity index (χ1v) is 8.40. The molecule has 0 atom stereocenters. The minimum Gasteiger partial charge on any atom is -0.481 e. The van der Waals surface area contributed by atoms with Crippen LogP contribution in [0.5, 0.6) is 0 Å². The highest BCUT2D eigenvalue weighted by molar-refractivity contribution is 5.95. The van der Waals surface area contributed by atoms with Crippen LogP contribution >= 0.6 is 0 Å². The molecule has 0 amide bonds. The zero-order chi connectivity index (χ0) is 19.6. The van der Waals surface area contributed by atoms with E-state index in [9.17, 15) is 9.59 Å². The number of aromatic nitrogens is 2. The van der Waals surface area contributed by atoms with Crippen LogP contribution in [-0.2, 0) is 18.4 Å². The second-order valence-corrected chi connectivity index (χ2v) is 6.26. The highest BCUT2D eigenvalue weighted by Crippen LogP contribution is 2.24. The second-order valence-electron chi connectivity index (χ2n) is 6.26. The number of carboxylic acids is 1. The number of rotatable bonds is 6. The predicted octanol–water partition coefficient (Wildman–Crippen LogP) is 2.28. The van der Waals surface area contributed by atoms with Crippen LogP contribution in [0.3, 0.4) is 0 Å². The van der Waals surface area contributed by atoms with Gasteiger partial charge in [-0.05, 0) is 16.7 Å². The van der Waals surface area contributed by atoms with Gasteiger partial charge < -0.3 is 10.8 Å². The zero-order valence-electron chi connectivity index (χ0n) is 14.8. The fraction of sp³-hybridized carbons (Fsp3) is 0.150. The first-order chi connectivity index (χ1) is 12.9. The molecule has 0 bridgehead atoms. The number of nitrogens with two attached hydrogens (primary N) is 1. The van der Waals surface area contributed by atoms with E-state index in [1.165, 1.54) is 9.13 Å². The number of amidine groups is 1. The summed E-state index contributed by atoms with van der Waals surface area (Å²) in [5.74, 6) is -0.905. The summed E-state index contributed by atoms with van der Waals surface area (Å²) in [5.41, 5.74) is 9.51. The normalized spacial score (nSPS) is 10.7. The quantitative estimate of drug-likeness (QED) is 0.460. The Bertz CT molecular complexity index is 1040. The number of nitrogens with zero attached hydrogens (tertiary/aromatic N) is 2. The molecule has 7 heteroatoms. The van der Waals surface area contributed by atoms with E-state index in [-0.39, 0.29) is 24.5 Å². The smallest absolute Gasteiger partial charge is 0.328 e. The minimum atomic E-state index is -0.938. The fourth-order valence-electron chi connectivity index (χ4n) is 2.91. The van der Waals surface area contributed by atoms with E-state index in [0.717, 1.165) is 22.4 Å². The molecule has 0 spiro atoms. The lowest BCUT2D eigenvalue weighted by Gasteiger charge is -2.06. The van der Waals surface area contributed by atoms with Gasteiger partial charge in [0.2, 0.25) is 0 Å². The number of hydrogen-bond donors (Lipinski definition) is 3. The van der Waals surface area contributed by atoms with Gasteiger partial charge in [0.05, 0.1) is 12.1 Å². The van der Waals surface area contributed by atoms with E-state index >= 15 is 0 Å².